The van der Waals surface area contributed by atoms with Crippen LogP contribution in [-0.2, 0) is 16.8 Å². The second-order valence-corrected chi connectivity index (χ2v) is 5.40. The normalized spacial score (nSPS) is 14.2. The van der Waals surface area contributed by atoms with Crippen LogP contribution in [0.15, 0.2) is 0 Å². The Morgan fingerprint density at radius 3 is 2.75 bits per heavy atom. The maximum absolute atomic E-state index is 11.5. The highest BCUT2D eigenvalue weighted by Crippen LogP contribution is 2.30. The van der Waals surface area contributed by atoms with E-state index in [0.29, 0.717) is 12.2 Å². The van der Waals surface area contributed by atoms with E-state index >= 15 is 0 Å². The van der Waals surface area contributed by atoms with Gasteiger partial charge in [0.1, 0.15) is 4.88 Å². The summed E-state index contributed by atoms with van der Waals surface area (Å²) in [4.78, 5) is 12.3. The van der Waals surface area contributed by atoms with Crippen molar-refractivity contribution in [2.45, 2.75) is 45.6 Å². The molecule has 0 fully saturated rings. The molecule has 8 nitrogen and oxygen atoms in total. The van der Waals surface area contributed by atoms with Crippen molar-refractivity contribution in [2.24, 2.45) is 0 Å². The van der Waals surface area contributed by atoms with Crippen LogP contribution in [0.2, 0.25) is 0 Å². The number of tetrazole rings is 1. The molecule has 0 spiro atoms. The van der Waals surface area contributed by atoms with Gasteiger partial charge in [-0.25, -0.2) is 9.48 Å². The van der Waals surface area contributed by atoms with E-state index in [2.05, 4.69) is 25.1 Å². The summed E-state index contributed by atoms with van der Waals surface area (Å²) < 4.78 is 5.28. The van der Waals surface area contributed by atoms with Crippen LogP contribution in [0.25, 0.3) is 10.7 Å². The standard InChI is InChI=1S/C11H16N6O2S/c1-4-6-7-8(20-16-12-7)9-13-14-15-17(9)11(3,5-2)10(18)19/h4-6H2,1-3H3,(H,18,19). The van der Waals surface area contributed by atoms with Gasteiger partial charge in [0, 0.05) is 0 Å². The first-order chi connectivity index (χ1) is 9.54. The number of carboxylic acids is 1. The van der Waals surface area contributed by atoms with Gasteiger partial charge in [0.2, 0.25) is 0 Å². The van der Waals surface area contributed by atoms with Crippen molar-refractivity contribution in [2.75, 3.05) is 0 Å². The van der Waals surface area contributed by atoms with Crippen LogP contribution < -0.4 is 0 Å². The zero-order chi connectivity index (χ0) is 14.8. The molecule has 2 rings (SSSR count). The Bertz CT molecular complexity index is 610. The molecule has 0 saturated carbocycles. The maximum atomic E-state index is 11.5. The molecular weight excluding hydrogens is 280 g/mol. The van der Waals surface area contributed by atoms with Gasteiger partial charge < -0.3 is 5.11 Å². The summed E-state index contributed by atoms with van der Waals surface area (Å²) in [7, 11) is 0. The number of carbonyl (C=O) groups is 1. The Morgan fingerprint density at radius 1 is 1.40 bits per heavy atom. The maximum Gasteiger partial charge on any atom is 0.331 e. The third-order valence-electron chi connectivity index (χ3n) is 3.33. The van der Waals surface area contributed by atoms with Crippen molar-refractivity contribution in [3.05, 3.63) is 5.69 Å². The van der Waals surface area contributed by atoms with E-state index in [9.17, 15) is 9.90 Å². The highest BCUT2D eigenvalue weighted by molar-refractivity contribution is 7.09. The van der Waals surface area contributed by atoms with Crippen LogP contribution in [0.4, 0.5) is 0 Å². The Labute approximate surface area is 120 Å². The summed E-state index contributed by atoms with van der Waals surface area (Å²) in [6, 6.07) is 0. The van der Waals surface area contributed by atoms with Gasteiger partial charge >= 0.3 is 5.97 Å². The minimum absolute atomic E-state index is 0.371. The van der Waals surface area contributed by atoms with E-state index in [1.807, 2.05) is 6.92 Å². The van der Waals surface area contributed by atoms with Crippen LogP contribution >= 0.6 is 11.5 Å². The largest absolute Gasteiger partial charge is 0.479 e. The molecule has 20 heavy (non-hydrogen) atoms. The predicted octanol–water partition coefficient (Wildman–Crippen LogP) is 1.35. The van der Waals surface area contributed by atoms with Gasteiger partial charge in [0.15, 0.2) is 11.4 Å². The molecular formula is C11H16N6O2S. The quantitative estimate of drug-likeness (QED) is 0.857. The molecule has 0 amide bonds. The van der Waals surface area contributed by atoms with Gasteiger partial charge in [-0.15, -0.1) is 10.2 Å². The number of rotatable bonds is 6. The molecule has 2 heterocycles. The average molecular weight is 296 g/mol. The van der Waals surface area contributed by atoms with Crippen molar-refractivity contribution in [3.63, 3.8) is 0 Å². The molecule has 0 aliphatic rings. The number of aryl methyl sites for hydroxylation is 1. The van der Waals surface area contributed by atoms with E-state index in [0.717, 1.165) is 23.4 Å². The van der Waals surface area contributed by atoms with Gasteiger partial charge in [-0.2, -0.15) is 0 Å². The van der Waals surface area contributed by atoms with Crippen LogP contribution in [0, 0.1) is 0 Å². The Morgan fingerprint density at radius 2 is 2.15 bits per heavy atom. The minimum Gasteiger partial charge on any atom is -0.479 e. The van der Waals surface area contributed by atoms with Gasteiger partial charge in [0.25, 0.3) is 0 Å². The van der Waals surface area contributed by atoms with E-state index in [1.54, 1.807) is 13.8 Å². The molecule has 1 atom stereocenters. The minimum atomic E-state index is -1.19. The summed E-state index contributed by atoms with van der Waals surface area (Å²) >= 11 is 1.18. The second kappa shape index (κ2) is 5.61. The second-order valence-electron chi connectivity index (χ2n) is 4.65. The summed E-state index contributed by atoms with van der Waals surface area (Å²) in [6.45, 7) is 5.43. The lowest BCUT2D eigenvalue weighted by molar-refractivity contribution is -0.147. The molecule has 2 aromatic heterocycles. The molecule has 108 valence electrons. The Hall–Kier alpha value is -1.90. The fourth-order valence-electron chi connectivity index (χ4n) is 1.83. The van der Waals surface area contributed by atoms with E-state index in [1.165, 1.54) is 16.2 Å². The van der Waals surface area contributed by atoms with Gasteiger partial charge in [0.05, 0.1) is 5.69 Å². The van der Waals surface area contributed by atoms with Gasteiger partial charge in [-0.1, -0.05) is 24.8 Å². The van der Waals surface area contributed by atoms with Crippen LogP contribution in [0.5, 0.6) is 0 Å². The first-order valence-electron chi connectivity index (χ1n) is 6.38. The smallest absolute Gasteiger partial charge is 0.331 e. The summed E-state index contributed by atoms with van der Waals surface area (Å²) in [5, 5.41) is 25.0. The zero-order valence-corrected chi connectivity index (χ0v) is 12.4. The SMILES string of the molecule is CCCc1nnsc1-c1nnnn1C(C)(CC)C(=O)O. The molecule has 0 aliphatic heterocycles. The van der Waals surface area contributed by atoms with Gasteiger partial charge in [-0.3, -0.25) is 0 Å². The van der Waals surface area contributed by atoms with Crippen molar-refractivity contribution in [3.8, 4) is 10.7 Å². The number of nitrogens with zero attached hydrogens (tertiary/aromatic N) is 6. The molecule has 9 heteroatoms. The molecule has 1 unspecified atom stereocenters. The first kappa shape index (κ1) is 14.5. The number of hydrogen-bond acceptors (Lipinski definition) is 7. The summed E-state index contributed by atoms with van der Waals surface area (Å²) in [6.07, 6.45) is 2.05. The number of aliphatic carboxylic acids is 1. The predicted molar refractivity (Wildman–Crippen MR) is 72.3 cm³/mol. The van der Waals surface area contributed by atoms with Crippen molar-refractivity contribution in [1.82, 2.24) is 29.8 Å². The fourth-order valence-corrected chi connectivity index (χ4v) is 2.51. The number of carboxylic acid groups (broad SMARTS) is 1. The highest BCUT2D eigenvalue weighted by Gasteiger charge is 2.38. The lowest BCUT2D eigenvalue weighted by atomic mass is 9.99. The number of aromatic nitrogens is 6. The average Bonchev–Trinajstić information content (AvgIpc) is 3.06. The lowest BCUT2D eigenvalue weighted by Gasteiger charge is -2.23. The van der Waals surface area contributed by atoms with E-state index in [-0.39, 0.29) is 0 Å². The number of hydrogen-bond donors (Lipinski definition) is 1. The summed E-state index contributed by atoms with van der Waals surface area (Å²) in [5.41, 5.74) is -0.385. The van der Waals surface area contributed by atoms with E-state index < -0.39 is 11.5 Å². The van der Waals surface area contributed by atoms with Crippen molar-refractivity contribution in [1.29, 1.82) is 0 Å². The Balaban J connectivity index is 2.53. The molecule has 1 N–H and O–H groups in total. The van der Waals surface area contributed by atoms with Crippen molar-refractivity contribution >= 4 is 17.5 Å². The molecule has 0 radical (unpaired) electrons. The van der Waals surface area contributed by atoms with Crippen LogP contribution in [0.3, 0.4) is 0 Å². The van der Waals surface area contributed by atoms with Crippen LogP contribution in [-0.4, -0.2) is 40.9 Å². The third-order valence-corrected chi connectivity index (χ3v) is 4.10. The Kier molecular flexibility index (Phi) is 4.07. The summed E-state index contributed by atoms with van der Waals surface area (Å²) in [5.74, 6) is -0.557. The molecule has 0 aliphatic carbocycles. The van der Waals surface area contributed by atoms with E-state index in [4.69, 9.17) is 0 Å². The molecule has 0 bridgehead atoms. The molecule has 2 aromatic rings. The highest BCUT2D eigenvalue weighted by atomic mass is 32.1. The third kappa shape index (κ3) is 2.28. The van der Waals surface area contributed by atoms with Gasteiger partial charge in [-0.05, 0) is 41.7 Å². The van der Waals surface area contributed by atoms with Crippen molar-refractivity contribution < 1.29 is 9.90 Å². The zero-order valence-electron chi connectivity index (χ0n) is 11.6. The topological polar surface area (TPSA) is 107 Å². The van der Waals surface area contributed by atoms with Crippen LogP contribution in [0.1, 0.15) is 39.3 Å². The monoisotopic (exact) mass is 296 g/mol. The first-order valence-corrected chi connectivity index (χ1v) is 7.15. The fraction of sp³-hybridized carbons (Fsp3) is 0.636. The molecule has 0 aromatic carbocycles. The lowest BCUT2D eigenvalue weighted by Crippen LogP contribution is -2.39. The molecule has 0 saturated heterocycles.